The van der Waals surface area contributed by atoms with Crippen molar-refractivity contribution in [1.29, 1.82) is 0 Å². The summed E-state index contributed by atoms with van der Waals surface area (Å²) in [5.74, 6) is -0.286. The van der Waals surface area contributed by atoms with Crippen molar-refractivity contribution >= 4 is 50.1 Å². The summed E-state index contributed by atoms with van der Waals surface area (Å²) in [6.07, 6.45) is 0. The van der Waals surface area contributed by atoms with Gasteiger partial charge in [-0.25, -0.2) is 5.43 Å². The topological polar surface area (TPSA) is 74.8 Å². The van der Waals surface area contributed by atoms with E-state index >= 15 is 0 Å². The van der Waals surface area contributed by atoms with Crippen molar-refractivity contribution in [3.63, 3.8) is 0 Å². The molecule has 0 unspecified atom stereocenters. The number of halogens is 2. The molecule has 25 heavy (non-hydrogen) atoms. The van der Waals surface area contributed by atoms with Gasteiger partial charge in [0.15, 0.2) is 5.76 Å². The number of furan rings is 1. The average Bonchev–Trinajstić information content (AvgIpc) is 2.98. The van der Waals surface area contributed by atoms with E-state index in [1.807, 2.05) is 12.1 Å². The van der Waals surface area contributed by atoms with Crippen LogP contribution in [0.5, 0.6) is 5.75 Å². The maximum atomic E-state index is 12.2. The normalized spacial score (nSPS) is 11.8. The van der Waals surface area contributed by atoms with Crippen molar-refractivity contribution in [2.24, 2.45) is 5.10 Å². The number of hydrogen-bond acceptors (Lipinski definition) is 4. The van der Waals surface area contributed by atoms with Crippen LogP contribution in [0.3, 0.4) is 0 Å². The second-order valence-electron chi connectivity index (χ2n) is 5.55. The number of amides is 1. The van der Waals surface area contributed by atoms with Crippen molar-refractivity contribution in [3.05, 3.63) is 62.8 Å². The van der Waals surface area contributed by atoms with E-state index in [2.05, 4.69) is 26.5 Å². The number of nitrogens with zero attached hydrogens (tertiary/aromatic N) is 1. The summed E-state index contributed by atoms with van der Waals surface area (Å²) in [6, 6.07) is 10.3. The van der Waals surface area contributed by atoms with Crippen LogP contribution in [-0.4, -0.2) is 16.7 Å². The van der Waals surface area contributed by atoms with Crippen LogP contribution in [0.2, 0.25) is 5.02 Å². The van der Waals surface area contributed by atoms with Gasteiger partial charge in [-0.05, 0) is 55.8 Å². The number of hydrazone groups is 1. The molecule has 1 amide bonds. The highest BCUT2D eigenvalue weighted by molar-refractivity contribution is 9.10. The number of aryl methyl sites for hydroxylation is 1. The van der Waals surface area contributed by atoms with Gasteiger partial charge in [-0.15, -0.1) is 0 Å². The van der Waals surface area contributed by atoms with E-state index < -0.39 is 5.91 Å². The first-order valence-electron chi connectivity index (χ1n) is 7.38. The van der Waals surface area contributed by atoms with Crippen molar-refractivity contribution in [2.45, 2.75) is 13.8 Å². The Hall–Kier alpha value is -2.31. The lowest BCUT2D eigenvalue weighted by molar-refractivity contribution is 0.0929. The molecule has 3 aromatic rings. The molecule has 0 atom stereocenters. The molecule has 5 nitrogen and oxygen atoms in total. The van der Waals surface area contributed by atoms with Crippen LogP contribution >= 0.6 is 27.5 Å². The molecule has 0 aliphatic carbocycles. The number of phenols is 1. The fourth-order valence-corrected chi connectivity index (χ4v) is 2.87. The fourth-order valence-electron chi connectivity index (χ4n) is 2.33. The highest BCUT2D eigenvalue weighted by atomic mass is 79.9. The zero-order chi connectivity index (χ0) is 18.1. The zero-order valence-corrected chi connectivity index (χ0v) is 15.8. The Balaban J connectivity index is 1.82. The number of nitrogens with one attached hydrogen (secondary N) is 1. The first-order chi connectivity index (χ1) is 11.8. The monoisotopic (exact) mass is 420 g/mol. The lowest BCUT2D eigenvalue weighted by Crippen LogP contribution is -2.18. The summed E-state index contributed by atoms with van der Waals surface area (Å²) in [7, 11) is 0. The van der Waals surface area contributed by atoms with E-state index in [0.29, 0.717) is 21.9 Å². The maximum Gasteiger partial charge on any atom is 0.307 e. The van der Waals surface area contributed by atoms with Crippen molar-refractivity contribution in [1.82, 2.24) is 5.43 Å². The van der Waals surface area contributed by atoms with E-state index in [0.717, 1.165) is 15.4 Å². The lowest BCUT2D eigenvalue weighted by atomic mass is 10.1. The summed E-state index contributed by atoms with van der Waals surface area (Å²) in [4.78, 5) is 12.2. The van der Waals surface area contributed by atoms with Gasteiger partial charge in [0.2, 0.25) is 0 Å². The Bertz CT molecular complexity index is 1010. The van der Waals surface area contributed by atoms with Gasteiger partial charge in [0.25, 0.3) is 0 Å². The third-order valence-electron chi connectivity index (χ3n) is 3.69. The molecular weight excluding hydrogens is 408 g/mol. The molecular formula is C18H14BrClN2O3. The SMILES string of the molecule is CC(=NNC(=O)c1cc2cc(Br)ccc2o1)c1cc(Cl)c(C)cc1O. The number of carbonyl (C=O) groups is 1. The van der Waals surface area contributed by atoms with E-state index in [-0.39, 0.29) is 11.5 Å². The average molecular weight is 422 g/mol. The maximum absolute atomic E-state index is 12.2. The van der Waals surface area contributed by atoms with Crippen LogP contribution in [0, 0.1) is 6.92 Å². The van der Waals surface area contributed by atoms with E-state index in [1.54, 1.807) is 38.1 Å². The van der Waals surface area contributed by atoms with E-state index in [4.69, 9.17) is 16.0 Å². The molecule has 2 N–H and O–H groups in total. The first kappa shape index (κ1) is 17.5. The Morgan fingerprint density at radius 1 is 1.28 bits per heavy atom. The molecule has 0 fully saturated rings. The third-order valence-corrected chi connectivity index (χ3v) is 4.59. The van der Waals surface area contributed by atoms with E-state index in [9.17, 15) is 9.90 Å². The Morgan fingerprint density at radius 2 is 2.04 bits per heavy atom. The molecule has 7 heteroatoms. The van der Waals surface area contributed by atoms with E-state index in [1.165, 1.54) is 0 Å². The minimum atomic E-state index is -0.482. The fraction of sp³-hybridized carbons (Fsp3) is 0.111. The Labute approximate surface area is 157 Å². The first-order valence-corrected chi connectivity index (χ1v) is 8.55. The highest BCUT2D eigenvalue weighted by Crippen LogP contribution is 2.26. The molecule has 0 saturated carbocycles. The zero-order valence-electron chi connectivity index (χ0n) is 13.4. The Morgan fingerprint density at radius 3 is 2.80 bits per heavy atom. The highest BCUT2D eigenvalue weighted by Gasteiger charge is 2.13. The molecule has 0 saturated heterocycles. The van der Waals surface area contributed by atoms with Crippen molar-refractivity contribution < 1.29 is 14.3 Å². The number of carbonyl (C=O) groups excluding carboxylic acids is 1. The predicted molar refractivity (Wildman–Crippen MR) is 101 cm³/mol. The standard InChI is InChI=1S/C18H14BrClN2O3/c1-9-5-15(23)13(8-14(9)20)10(2)21-22-18(24)17-7-11-6-12(19)3-4-16(11)25-17/h3-8,23H,1-2H3,(H,22,24). The van der Waals surface area contributed by atoms with Gasteiger partial charge in [-0.1, -0.05) is 27.5 Å². The van der Waals surface area contributed by atoms with Gasteiger partial charge in [0, 0.05) is 20.4 Å². The van der Waals surface area contributed by atoms with Crippen LogP contribution in [0.1, 0.15) is 28.6 Å². The number of phenolic OH excluding ortho intramolecular Hbond substituents is 1. The molecule has 0 bridgehead atoms. The van der Waals surface area contributed by atoms with Gasteiger partial charge in [0.1, 0.15) is 11.3 Å². The number of aromatic hydroxyl groups is 1. The lowest BCUT2D eigenvalue weighted by Gasteiger charge is -2.07. The van der Waals surface area contributed by atoms with Gasteiger partial charge in [-0.2, -0.15) is 5.10 Å². The number of hydrogen-bond donors (Lipinski definition) is 2. The van der Waals surface area contributed by atoms with Crippen molar-refractivity contribution in [2.75, 3.05) is 0 Å². The third kappa shape index (κ3) is 3.70. The summed E-state index contributed by atoms with van der Waals surface area (Å²) in [6.45, 7) is 3.46. The van der Waals surface area contributed by atoms with Crippen LogP contribution in [0.4, 0.5) is 0 Å². The molecule has 0 aliphatic heterocycles. The number of benzene rings is 2. The molecule has 0 spiro atoms. The Kier molecular flexibility index (Phi) is 4.83. The molecule has 1 aromatic heterocycles. The largest absolute Gasteiger partial charge is 0.507 e. The van der Waals surface area contributed by atoms with Crippen molar-refractivity contribution in [3.8, 4) is 5.75 Å². The summed E-state index contributed by atoms with van der Waals surface area (Å²) in [5, 5.41) is 15.4. The van der Waals surface area contributed by atoms with Crippen LogP contribution in [-0.2, 0) is 0 Å². The summed E-state index contributed by atoms with van der Waals surface area (Å²) in [5.41, 5.74) is 4.66. The van der Waals surface area contributed by atoms with Gasteiger partial charge in [-0.3, -0.25) is 4.79 Å². The smallest absolute Gasteiger partial charge is 0.307 e. The molecule has 2 aromatic carbocycles. The van der Waals surface area contributed by atoms with Gasteiger partial charge in [0.05, 0.1) is 5.71 Å². The molecule has 3 rings (SSSR count). The summed E-state index contributed by atoms with van der Waals surface area (Å²) < 4.78 is 6.41. The quantitative estimate of drug-likeness (QED) is 0.461. The second-order valence-corrected chi connectivity index (χ2v) is 6.87. The van der Waals surface area contributed by atoms with Gasteiger partial charge < -0.3 is 9.52 Å². The predicted octanol–water partition coefficient (Wildman–Crippen LogP) is 5.02. The second kappa shape index (κ2) is 6.90. The molecule has 0 radical (unpaired) electrons. The minimum Gasteiger partial charge on any atom is -0.507 e. The minimum absolute atomic E-state index is 0.0472. The van der Waals surface area contributed by atoms with Crippen LogP contribution in [0.25, 0.3) is 11.0 Å². The number of fused-ring (bicyclic) bond motifs is 1. The number of rotatable bonds is 3. The molecule has 128 valence electrons. The van der Waals surface area contributed by atoms with Crippen LogP contribution < -0.4 is 5.43 Å². The van der Waals surface area contributed by atoms with Crippen LogP contribution in [0.15, 0.2) is 50.4 Å². The molecule has 0 aliphatic rings. The summed E-state index contributed by atoms with van der Waals surface area (Å²) >= 11 is 9.45. The van der Waals surface area contributed by atoms with Gasteiger partial charge >= 0.3 is 5.91 Å². The molecule has 1 heterocycles.